The van der Waals surface area contributed by atoms with Gasteiger partial charge in [0, 0.05) is 13.1 Å². The SMILES string of the molecule is C=CCNCC=C.CCC(F)C(F)(F)C(F)(F)C(F)(F)S(=O)(=O)O. The summed E-state index contributed by atoms with van der Waals surface area (Å²) in [5.41, 5.74) is 0. The zero-order valence-corrected chi connectivity index (χ0v) is 13.4. The molecule has 0 radical (unpaired) electrons. The van der Waals surface area contributed by atoms with Crippen molar-refractivity contribution < 1.29 is 43.7 Å². The Morgan fingerprint density at radius 2 is 1.46 bits per heavy atom. The Balaban J connectivity index is 0. The van der Waals surface area contributed by atoms with Crippen molar-refractivity contribution in [1.82, 2.24) is 5.32 Å². The van der Waals surface area contributed by atoms with Gasteiger partial charge in [-0.25, -0.2) is 4.39 Å². The van der Waals surface area contributed by atoms with Crippen molar-refractivity contribution in [1.29, 1.82) is 0 Å². The van der Waals surface area contributed by atoms with Crippen molar-refractivity contribution in [2.45, 2.75) is 36.6 Å². The van der Waals surface area contributed by atoms with Crippen LogP contribution in [0, 0.1) is 0 Å². The summed E-state index contributed by atoms with van der Waals surface area (Å²) in [7, 11) is -6.81. The summed E-state index contributed by atoms with van der Waals surface area (Å²) >= 11 is 0. The molecule has 1 unspecified atom stereocenters. The summed E-state index contributed by atoms with van der Waals surface area (Å²) in [6.45, 7) is 9.47. The number of halogens is 7. The third-order valence-electron chi connectivity index (χ3n) is 2.44. The highest BCUT2D eigenvalue weighted by Crippen LogP contribution is 2.50. The van der Waals surface area contributed by atoms with E-state index in [2.05, 4.69) is 18.5 Å². The molecule has 2 N–H and O–H groups in total. The topological polar surface area (TPSA) is 66.4 Å². The van der Waals surface area contributed by atoms with E-state index in [-0.39, 0.29) is 0 Å². The third-order valence-corrected chi connectivity index (χ3v) is 3.34. The summed E-state index contributed by atoms with van der Waals surface area (Å²) in [6, 6.07) is 0. The number of nitrogens with one attached hydrogen (secondary N) is 1. The summed E-state index contributed by atoms with van der Waals surface area (Å²) in [4.78, 5) is 0. The first-order chi connectivity index (χ1) is 10.6. The summed E-state index contributed by atoms with van der Waals surface area (Å²) < 4.78 is 116. The highest BCUT2D eigenvalue weighted by molar-refractivity contribution is 7.87. The molecule has 1 atom stereocenters. The van der Waals surface area contributed by atoms with Gasteiger partial charge >= 0.3 is 27.2 Å². The molecule has 0 aromatic heterocycles. The predicted molar refractivity (Wildman–Crippen MR) is 74.8 cm³/mol. The first-order valence-corrected chi connectivity index (χ1v) is 7.76. The molecule has 144 valence electrons. The van der Waals surface area contributed by atoms with E-state index in [1.165, 1.54) is 0 Å². The van der Waals surface area contributed by atoms with Crippen molar-refractivity contribution in [3.8, 4) is 0 Å². The van der Waals surface area contributed by atoms with Crippen molar-refractivity contribution in [3.63, 3.8) is 0 Å². The van der Waals surface area contributed by atoms with Gasteiger partial charge in [-0.15, -0.1) is 13.2 Å². The molecule has 0 aliphatic carbocycles. The molecular formula is C12H18F7NO3S. The highest BCUT2D eigenvalue weighted by Gasteiger charge is 2.79. The minimum Gasteiger partial charge on any atom is -0.310 e. The molecule has 0 spiro atoms. The average Bonchev–Trinajstić information content (AvgIpc) is 2.46. The predicted octanol–water partition coefficient (Wildman–Crippen LogP) is 3.43. The van der Waals surface area contributed by atoms with Crippen LogP contribution in [0.25, 0.3) is 0 Å². The quantitative estimate of drug-likeness (QED) is 0.274. The Bertz CT molecular complexity index is 501. The normalized spacial score (nSPS) is 14.4. The Morgan fingerprint density at radius 1 is 1.08 bits per heavy atom. The molecule has 12 heteroatoms. The molecule has 0 saturated carbocycles. The second-order valence-electron chi connectivity index (χ2n) is 4.30. The van der Waals surface area contributed by atoms with Gasteiger partial charge in [-0.3, -0.25) is 4.55 Å². The number of alkyl halides is 7. The molecule has 24 heavy (non-hydrogen) atoms. The summed E-state index contributed by atoms with van der Waals surface area (Å²) in [6.07, 6.45) is -1.29. The highest BCUT2D eigenvalue weighted by atomic mass is 32.2. The monoisotopic (exact) mass is 389 g/mol. The maximum absolute atomic E-state index is 12.6. The Hall–Kier alpha value is -1.14. The van der Waals surface area contributed by atoms with Crippen LogP contribution in [-0.2, 0) is 10.1 Å². The number of hydrogen-bond acceptors (Lipinski definition) is 3. The Kier molecular flexibility index (Phi) is 9.80. The zero-order chi connectivity index (χ0) is 19.8. The van der Waals surface area contributed by atoms with Crippen LogP contribution in [0.3, 0.4) is 0 Å². The fourth-order valence-electron chi connectivity index (χ4n) is 1.10. The van der Waals surface area contributed by atoms with E-state index >= 15 is 0 Å². The Labute approximate surface area is 135 Å². The van der Waals surface area contributed by atoms with E-state index in [1.807, 2.05) is 12.2 Å². The molecule has 4 nitrogen and oxygen atoms in total. The van der Waals surface area contributed by atoms with Crippen LogP contribution in [0.15, 0.2) is 25.3 Å². The average molecular weight is 389 g/mol. The molecule has 0 rings (SSSR count). The van der Waals surface area contributed by atoms with Gasteiger partial charge in [0.2, 0.25) is 0 Å². The van der Waals surface area contributed by atoms with Crippen LogP contribution >= 0.6 is 0 Å². The minimum atomic E-state index is -6.81. The van der Waals surface area contributed by atoms with Crippen LogP contribution < -0.4 is 5.32 Å². The van der Waals surface area contributed by atoms with E-state index in [1.54, 1.807) is 0 Å². The van der Waals surface area contributed by atoms with Crippen LogP contribution in [0.2, 0.25) is 0 Å². The van der Waals surface area contributed by atoms with Crippen LogP contribution in [0.4, 0.5) is 30.7 Å². The fourth-order valence-corrected chi connectivity index (χ4v) is 1.56. The van der Waals surface area contributed by atoms with E-state index in [9.17, 15) is 39.2 Å². The molecule has 0 amide bonds. The van der Waals surface area contributed by atoms with Gasteiger partial charge < -0.3 is 5.32 Å². The number of rotatable bonds is 9. The van der Waals surface area contributed by atoms with Crippen molar-refractivity contribution in [2.24, 2.45) is 0 Å². The lowest BCUT2D eigenvalue weighted by Gasteiger charge is -2.32. The maximum Gasteiger partial charge on any atom is 0.438 e. The second-order valence-corrected chi connectivity index (χ2v) is 5.76. The van der Waals surface area contributed by atoms with E-state index in [0.29, 0.717) is 6.92 Å². The van der Waals surface area contributed by atoms with Gasteiger partial charge in [-0.05, 0) is 6.42 Å². The molecule has 0 aromatic rings. The van der Waals surface area contributed by atoms with Gasteiger partial charge in [-0.1, -0.05) is 19.1 Å². The fraction of sp³-hybridized carbons (Fsp3) is 0.667. The van der Waals surface area contributed by atoms with Crippen molar-refractivity contribution >= 4 is 10.1 Å². The lowest BCUT2D eigenvalue weighted by atomic mass is 10.1. The molecule has 0 aliphatic rings. The molecule has 0 aliphatic heterocycles. The smallest absolute Gasteiger partial charge is 0.310 e. The van der Waals surface area contributed by atoms with E-state index in [0.717, 1.165) is 13.1 Å². The maximum atomic E-state index is 12.6. The molecule has 0 fully saturated rings. The molecule has 0 heterocycles. The van der Waals surface area contributed by atoms with E-state index in [4.69, 9.17) is 4.55 Å². The molecule has 0 saturated heterocycles. The summed E-state index contributed by atoms with van der Waals surface area (Å²) in [5.74, 6) is -12.5. The van der Waals surface area contributed by atoms with Gasteiger partial charge in [0.25, 0.3) is 0 Å². The molecular weight excluding hydrogens is 371 g/mol. The van der Waals surface area contributed by atoms with Crippen molar-refractivity contribution in [3.05, 3.63) is 25.3 Å². The van der Waals surface area contributed by atoms with Crippen molar-refractivity contribution in [2.75, 3.05) is 13.1 Å². The van der Waals surface area contributed by atoms with Crippen LogP contribution in [0.1, 0.15) is 13.3 Å². The van der Waals surface area contributed by atoms with Gasteiger partial charge in [-0.2, -0.15) is 34.8 Å². The lowest BCUT2D eigenvalue weighted by molar-refractivity contribution is -0.299. The standard InChI is InChI=1S/C6H7F7O3S.C6H11N/c1-2-3(7)4(8,9)5(10,11)6(12,13)17(14,15)16;1-3-5-7-6-4-2/h3H,2H2,1H3,(H,14,15,16);3-4,7H,1-2,5-6H2. The zero-order valence-electron chi connectivity index (χ0n) is 12.6. The van der Waals surface area contributed by atoms with E-state index < -0.39 is 39.8 Å². The first-order valence-electron chi connectivity index (χ1n) is 6.32. The van der Waals surface area contributed by atoms with Gasteiger partial charge in [0.1, 0.15) is 0 Å². The third kappa shape index (κ3) is 5.74. The largest absolute Gasteiger partial charge is 0.438 e. The molecule has 0 bridgehead atoms. The lowest BCUT2D eigenvalue weighted by Crippen LogP contribution is -2.60. The Morgan fingerprint density at radius 3 is 1.71 bits per heavy atom. The summed E-state index contributed by atoms with van der Waals surface area (Å²) in [5, 5.41) is -3.45. The molecule has 0 aromatic carbocycles. The minimum absolute atomic E-state index is 0.667. The van der Waals surface area contributed by atoms with Crippen LogP contribution in [0.5, 0.6) is 0 Å². The van der Waals surface area contributed by atoms with Crippen LogP contribution in [-0.4, -0.2) is 49.3 Å². The second kappa shape index (κ2) is 9.37. The number of hydrogen-bond donors (Lipinski definition) is 2. The van der Waals surface area contributed by atoms with Gasteiger partial charge in [0.15, 0.2) is 6.17 Å². The first kappa shape index (κ1) is 25.1. The van der Waals surface area contributed by atoms with Gasteiger partial charge in [0.05, 0.1) is 0 Å².